The minimum Gasteiger partial charge on any atom is -0.480 e. The van der Waals surface area contributed by atoms with E-state index in [0.29, 0.717) is 5.69 Å². The molecule has 0 saturated heterocycles. The van der Waals surface area contributed by atoms with Crippen LogP contribution in [-0.4, -0.2) is 30.2 Å². The van der Waals surface area contributed by atoms with Gasteiger partial charge in [-0.25, -0.2) is 9.59 Å². The van der Waals surface area contributed by atoms with Crippen LogP contribution in [0.2, 0.25) is 0 Å². The van der Waals surface area contributed by atoms with Crippen LogP contribution in [0.3, 0.4) is 0 Å². The van der Waals surface area contributed by atoms with Crippen molar-refractivity contribution in [3.8, 4) is 0 Å². The standard InChI is InChI=1S/C15H22N2O3/c1-10-6-8-11(9-7-10)17(5)14(20)16-12(13(18)19)15(2,3)4/h6-9,12H,1-5H3,(H,16,20)(H,18,19)/t12-/m1/s1. The molecule has 0 saturated carbocycles. The van der Waals surface area contributed by atoms with Gasteiger partial charge in [0.25, 0.3) is 0 Å². The van der Waals surface area contributed by atoms with Crippen LogP contribution < -0.4 is 10.2 Å². The second kappa shape index (κ2) is 5.94. The predicted molar refractivity (Wildman–Crippen MR) is 79.0 cm³/mol. The fourth-order valence-corrected chi connectivity index (χ4v) is 1.75. The number of anilines is 1. The average molecular weight is 278 g/mol. The first kappa shape index (κ1) is 16.0. The summed E-state index contributed by atoms with van der Waals surface area (Å²) in [6.07, 6.45) is 0. The summed E-state index contributed by atoms with van der Waals surface area (Å²) in [6, 6.07) is 6.07. The predicted octanol–water partition coefficient (Wildman–Crippen LogP) is 2.64. The van der Waals surface area contributed by atoms with Gasteiger partial charge in [0.1, 0.15) is 6.04 Å². The highest BCUT2D eigenvalue weighted by molar-refractivity contribution is 5.94. The molecule has 0 aromatic heterocycles. The molecule has 0 aliphatic heterocycles. The molecule has 0 unspecified atom stereocenters. The molecule has 1 atom stereocenters. The maximum Gasteiger partial charge on any atom is 0.326 e. The molecule has 110 valence electrons. The molecule has 0 fully saturated rings. The van der Waals surface area contributed by atoms with Crippen LogP contribution in [0.1, 0.15) is 26.3 Å². The molecule has 0 bridgehead atoms. The second-order valence-corrected chi connectivity index (χ2v) is 5.98. The number of aliphatic carboxylic acids is 1. The molecule has 0 heterocycles. The van der Waals surface area contributed by atoms with Crippen molar-refractivity contribution >= 4 is 17.7 Å². The Morgan fingerprint density at radius 2 is 1.70 bits per heavy atom. The fourth-order valence-electron chi connectivity index (χ4n) is 1.75. The Labute approximate surface area is 119 Å². The largest absolute Gasteiger partial charge is 0.480 e. The lowest BCUT2D eigenvalue weighted by Crippen LogP contribution is -2.52. The van der Waals surface area contributed by atoms with E-state index >= 15 is 0 Å². The smallest absolute Gasteiger partial charge is 0.326 e. The van der Waals surface area contributed by atoms with Crippen molar-refractivity contribution in [3.05, 3.63) is 29.8 Å². The number of hydrogen-bond donors (Lipinski definition) is 2. The van der Waals surface area contributed by atoms with Gasteiger partial charge in [-0.1, -0.05) is 38.5 Å². The molecule has 0 spiro atoms. The van der Waals surface area contributed by atoms with Gasteiger partial charge in [-0.15, -0.1) is 0 Å². The van der Waals surface area contributed by atoms with Gasteiger partial charge in [0.2, 0.25) is 0 Å². The Balaban J connectivity index is 2.84. The number of carboxylic acid groups (broad SMARTS) is 1. The SMILES string of the molecule is Cc1ccc(N(C)C(=O)N[C@H](C(=O)O)C(C)(C)C)cc1. The molecule has 0 aliphatic rings. The van der Waals surface area contributed by atoms with E-state index in [1.807, 2.05) is 31.2 Å². The van der Waals surface area contributed by atoms with Crippen molar-refractivity contribution in [1.29, 1.82) is 0 Å². The van der Waals surface area contributed by atoms with Crippen molar-refractivity contribution in [2.24, 2.45) is 5.41 Å². The van der Waals surface area contributed by atoms with Crippen molar-refractivity contribution in [3.63, 3.8) is 0 Å². The number of benzene rings is 1. The fraction of sp³-hybridized carbons (Fsp3) is 0.467. The molecule has 1 rings (SSSR count). The quantitative estimate of drug-likeness (QED) is 0.893. The molecule has 2 amide bonds. The summed E-state index contributed by atoms with van der Waals surface area (Å²) in [7, 11) is 1.61. The Kier molecular flexibility index (Phi) is 4.76. The normalized spacial score (nSPS) is 12.7. The summed E-state index contributed by atoms with van der Waals surface area (Å²) in [4.78, 5) is 24.8. The van der Waals surface area contributed by atoms with E-state index < -0.39 is 23.5 Å². The van der Waals surface area contributed by atoms with Crippen LogP contribution in [-0.2, 0) is 4.79 Å². The molecule has 2 N–H and O–H groups in total. The van der Waals surface area contributed by atoms with Crippen molar-refractivity contribution in [2.45, 2.75) is 33.7 Å². The molecule has 5 heteroatoms. The minimum absolute atomic E-state index is 0.434. The van der Waals surface area contributed by atoms with E-state index in [2.05, 4.69) is 5.32 Å². The molecule has 1 aromatic carbocycles. The molecular weight excluding hydrogens is 256 g/mol. The van der Waals surface area contributed by atoms with E-state index in [0.717, 1.165) is 5.56 Å². The highest BCUT2D eigenvalue weighted by Crippen LogP contribution is 2.20. The number of rotatable bonds is 3. The number of aryl methyl sites for hydroxylation is 1. The van der Waals surface area contributed by atoms with Crippen LogP contribution in [0.5, 0.6) is 0 Å². The zero-order valence-corrected chi connectivity index (χ0v) is 12.6. The van der Waals surface area contributed by atoms with Crippen LogP contribution in [0.4, 0.5) is 10.5 Å². The third kappa shape index (κ3) is 3.98. The van der Waals surface area contributed by atoms with E-state index in [-0.39, 0.29) is 0 Å². The number of nitrogens with one attached hydrogen (secondary N) is 1. The van der Waals surface area contributed by atoms with Gasteiger partial charge in [-0.3, -0.25) is 4.90 Å². The first-order chi connectivity index (χ1) is 9.12. The number of nitrogens with zero attached hydrogens (tertiary/aromatic N) is 1. The zero-order valence-electron chi connectivity index (χ0n) is 12.6. The average Bonchev–Trinajstić information content (AvgIpc) is 2.33. The number of urea groups is 1. The summed E-state index contributed by atoms with van der Waals surface area (Å²) >= 11 is 0. The third-order valence-corrected chi connectivity index (χ3v) is 3.11. The Hall–Kier alpha value is -2.04. The molecular formula is C15H22N2O3. The number of carbonyl (C=O) groups is 2. The lowest BCUT2D eigenvalue weighted by molar-refractivity contribution is -0.141. The highest BCUT2D eigenvalue weighted by Gasteiger charge is 2.33. The molecule has 0 aliphatic carbocycles. The van der Waals surface area contributed by atoms with Crippen LogP contribution in [0, 0.1) is 12.3 Å². The maximum absolute atomic E-state index is 12.1. The van der Waals surface area contributed by atoms with Crippen LogP contribution >= 0.6 is 0 Å². The lowest BCUT2D eigenvalue weighted by Gasteiger charge is -2.29. The van der Waals surface area contributed by atoms with E-state index in [9.17, 15) is 14.7 Å². The van der Waals surface area contributed by atoms with Gasteiger partial charge in [-0.05, 0) is 24.5 Å². The van der Waals surface area contributed by atoms with Crippen molar-refractivity contribution in [1.82, 2.24) is 5.32 Å². The number of amides is 2. The van der Waals surface area contributed by atoms with Crippen LogP contribution in [0.25, 0.3) is 0 Å². The first-order valence-corrected chi connectivity index (χ1v) is 6.46. The summed E-state index contributed by atoms with van der Waals surface area (Å²) in [5.41, 5.74) is 1.25. The molecule has 0 radical (unpaired) electrons. The van der Waals surface area contributed by atoms with Gasteiger partial charge < -0.3 is 10.4 Å². The first-order valence-electron chi connectivity index (χ1n) is 6.46. The molecule has 20 heavy (non-hydrogen) atoms. The Bertz CT molecular complexity index is 489. The van der Waals surface area contributed by atoms with Gasteiger partial charge in [0.05, 0.1) is 0 Å². The summed E-state index contributed by atoms with van der Waals surface area (Å²) in [5, 5.41) is 11.8. The van der Waals surface area contributed by atoms with Gasteiger partial charge in [0.15, 0.2) is 0 Å². The highest BCUT2D eigenvalue weighted by atomic mass is 16.4. The van der Waals surface area contributed by atoms with Gasteiger partial charge >= 0.3 is 12.0 Å². The topological polar surface area (TPSA) is 69.6 Å². The van der Waals surface area contributed by atoms with Crippen LogP contribution in [0.15, 0.2) is 24.3 Å². The van der Waals surface area contributed by atoms with Crippen molar-refractivity contribution in [2.75, 3.05) is 11.9 Å². The molecule has 1 aromatic rings. The number of carbonyl (C=O) groups excluding carboxylic acids is 1. The second-order valence-electron chi connectivity index (χ2n) is 5.98. The number of hydrogen-bond acceptors (Lipinski definition) is 2. The van der Waals surface area contributed by atoms with Gasteiger partial charge in [0, 0.05) is 12.7 Å². The summed E-state index contributed by atoms with van der Waals surface area (Å²) < 4.78 is 0. The summed E-state index contributed by atoms with van der Waals surface area (Å²) in [6.45, 7) is 7.29. The van der Waals surface area contributed by atoms with Crippen molar-refractivity contribution < 1.29 is 14.7 Å². The third-order valence-electron chi connectivity index (χ3n) is 3.11. The Morgan fingerprint density at radius 1 is 1.20 bits per heavy atom. The zero-order chi connectivity index (χ0) is 15.5. The molecule has 5 nitrogen and oxygen atoms in total. The number of carboxylic acids is 1. The van der Waals surface area contributed by atoms with E-state index in [1.165, 1.54) is 4.90 Å². The lowest BCUT2D eigenvalue weighted by atomic mass is 9.87. The minimum atomic E-state index is -1.04. The Morgan fingerprint density at radius 3 is 2.10 bits per heavy atom. The van der Waals surface area contributed by atoms with E-state index in [4.69, 9.17) is 0 Å². The maximum atomic E-state index is 12.1. The summed E-state index contributed by atoms with van der Waals surface area (Å²) in [5.74, 6) is -1.04. The van der Waals surface area contributed by atoms with Gasteiger partial charge in [-0.2, -0.15) is 0 Å². The monoisotopic (exact) mass is 278 g/mol. The van der Waals surface area contributed by atoms with E-state index in [1.54, 1.807) is 27.8 Å².